The molecule has 2 rings (SSSR count). The van der Waals surface area contributed by atoms with E-state index < -0.39 is 0 Å². The second-order valence-electron chi connectivity index (χ2n) is 6.92. The van der Waals surface area contributed by atoms with Gasteiger partial charge in [0.25, 0.3) is 0 Å². The van der Waals surface area contributed by atoms with Crippen LogP contribution in [-0.2, 0) is 23.6 Å². The van der Waals surface area contributed by atoms with E-state index in [1.807, 2.05) is 33.8 Å². The molecule has 0 amide bonds. The van der Waals surface area contributed by atoms with Crippen molar-refractivity contribution in [3.63, 3.8) is 0 Å². The quantitative estimate of drug-likeness (QED) is 0.429. The average molecular weight is 310 g/mol. The number of carbonyl (C=O) groups excluding carboxylic acids is 1. The van der Waals surface area contributed by atoms with Crippen LogP contribution in [0.4, 0.5) is 0 Å². The molecule has 2 aliphatic rings. The number of allylic oxidation sites excluding steroid dienone is 1. The Morgan fingerprint density at radius 3 is 2.55 bits per heavy atom. The summed E-state index contributed by atoms with van der Waals surface area (Å²) in [4.78, 5) is 10.7. The summed E-state index contributed by atoms with van der Waals surface area (Å²) in [5.74, 6) is 0. The van der Waals surface area contributed by atoms with Crippen LogP contribution in [0.5, 0.6) is 0 Å². The first-order valence-corrected chi connectivity index (χ1v) is 8.07. The van der Waals surface area contributed by atoms with Crippen LogP contribution in [0, 0.1) is 0 Å². The van der Waals surface area contributed by atoms with Crippen molar-refractivity contribution in [2.45, 2.75) is 76.7 Å². The van der Waals surface area contributed by atoms with Crippen LogP contribution in [0.1, 0.15) is 47.0 Å². The number of aldehydes is 1. The lowest BCUT2D eigenvalue weighted by Crippen LogP contribution is -2.41. The highest BCUT2D eigenvalue weighted by Gasteiger charge is 2.50. The van der Waals surface area contributed by atoms with Gasteiger partial charge in [-0.1, -0.05) is 6.08 Å². The van der Waals surface area contributed by atoms with Crippen molar-refractivity contribution in [1.29, 1.82) is 0 Å². The number of ether oxygens (including phenoxy) is 2. The third-order valence-electron chi connectivity index (χ3n) is 4.69. The Balaban J connectivity index is 1.77. The van der Waals surface area contributed by atoms with Gasteiger partial charge in [0, 0.05) is 19.3 Å². The zero-order valence-corrected chi connectivity index (χ0v) is 14.0. The maximum absolute atomic E-state index is 10.7. The highest BCUT2D eigenvalue weighted by Crippen LogP contribution is 2.37. The molecule has 2 saturated heterocycles. The second kappa shape index (κ2) is 7.15. The van der Waals surface area contributed by atoms with Gasteiger partial charge in [-0.25, -0.2) is 0 Å². The summed E-state index contributed by atoms with van der Waals surface area (Å²) in [6.07, 6.45) is 7.21. The number of hydrogen-bond acceptors (Lipinski definition) is 5. The third-order valence-corrected chi connectivity index (χ3v) is 4.69. The Morgan fingerprint density at radius 1 is 1.23 bits per heavy atom. The molecule has 0 N–H and O–H groups in total. The molecule has 5 nitrogen and oxygen atoms in total. The third kappa shape index (κ3) is 4.12. The first kappa shape index (κ1) is 17.5. The maximum Gasteiger partial charge on any atom is 0.461 e. The first-order valence-electron chi connectivity index (χ1n) is 8.07. The lowest BCUT2D eigenvalue weighted by Gasteiger charge is -2.32. The number of rotatable bonds is 6. The first-order chi connectivity index (χ1) is 10.4. The van der Waals surface area contributed by atoms with E-state index >= 15 is 0 Å². The minimum atomic E-state index is -0.307. The lowest BCUT2D eigenvalue weighted by atomic mass is 9.85. The zero-order valence-electron chi connectivity index (χ0n) is 14.0. The molecule has 2 aliphatic heterocycles. The summed E-state index contributed by atoms with van der Waals surface area (Å²) in [5, 5.41) is 0. The summed E-state index contributed by atoms with van der Waals surface area (Å²) >= 11 is 0. The van der Waals surface area contributed by atoms with E-state index in [0.717, 1.165) is 19.1 Å². The average Bonchev–Trinajstić information content (AvgIpc) is 2.65. The highest BCUT2D eigenvalue weighted by molar-refractivity contribution is 6.46. The lowest BCUT2D eigenvalue weighted by molar-refractivity contribution is -0.118. The predicted molar refractivity (Wildman–Crippen MR) is 84.6 cm³/mol. The van der Waals surface area contributed by atoms with E-state index in [1.54, 1.807) is 6.26 Å². The van der Waals surface area contributed by atoms with Gasteiger partial charge in [-0.15, -0.1) is 0 Å². The number of hydrogen-bond donors (Lipinski definition) is 0. The van der Waals surface area contributed by atoms with Crippen LogP contribution in [0.2, 0.25) is 6.32 Å². The van der Waals surface area contributed by atoms with Gasteiger partial charge in [0.2, 0.25) is 0 Å². The fourth-order valence-electron chi connectivity index (χ4n) is 2.67. The summed E-state index contributed by atoms with van der Waals surface area (Å²) in [6, 6.07) is 0. The van der Waals surface area contributed by atoms with Crippen molar-refractivity contribution >= 4 is 13.4 Å². The molecular formula is C16H27BO5. The molecule has 0 bridgehead atoms. The minimum Gasteiger partial charge on any atom is -0.496 e. The predicted octanol–water partition coefficient (Wildman–Crippen LogP) is 2.75. The highest BCUT2D eigenvalue weighted by atomic mass is 16.7. The van der Waals surface area contributed by atoms with Crippen LogP contribution in [0.15, 0.2) is 12.3 Å². The fraction of sp³-hybridized carbons (Fsp3) is 0.812. The molecule has 0 aromatic rings. The summed E-state index contributed by atoms with van der Waals surface area (Å²) in [6.45, 7) is 8.86. The number of carbonyl (C=O) groups is 1. The molecule has 6 heteroatoms. The van der Waals surface area contributed by atoms with Gasteiger partial charge >= 0.3 is 7.12 Å². The Morgan fingerprint density at radius 2 is 1.91 bits per heavy atom. The van der Waals surface area contributed by atoms with Gasteiger partial charge in [-0.2, -0.15) is 0 Å². The molecule has 2 fully saturated rings. The molecule has 0 radical (unpaired) electrons. The monoisotopic (exact) mass is 310 g/mol. The SMILES string of the molecule is CC1(C)OB(C/C=C\O[C@H]2CCCO[C@H]2CC=O)OC1(C)C. The van der Waals surface area contributed by atoms with Crippen LogP contribution in [-0.4, -0.2) is 43.4 Å². The molecule has 0 spiro atoms. The Hall–Kier alpha value is -0.845. The molecule has 0 aliphatic carbocycles. The molecular weight excluding hydrogens is 283 g/mol. The van der Waals surface area contributed by atoms with Crippen molar-refractivity contribution < 1.29 is 23.6 Å². The van der Waals surface area contributed by atoms with E-state index in [0.29, 0.717) is 19.3 Å². The van der Waals surface area contributed by atoms with E-state index in [9.17, 15) is 4.79 Å². The Kier molecular flexibility index (Phi) is 5.69. The summed E-state index contributed by atoms with van der Waals surface area (Å²) in [5.41, 5.74) is -0.614. The summed E-state index contributed by atoms with van der Waals surface area (Å²) < 4.78 is 23.1. The molecule has 124 valence electrons. The molecule has 0 unspecified atom stereocenters. The summed E-state index contributed by atoms with van der Waals surface area (Å²) in [7, 11) is -0.252. The van der Waals surface area contributed by atoms with Crippen LogP contribution < -0.4 is 0 Å². The molecule has 0 saturated carbocycles. The van der Waals surface area contributed by atoms with Crippen molar-refractivity contribution in [3.05, 3.63) is 12.3 Å². The van der Waals surface area contributed by atoms with Crippen molar-refractivity contribution in [1.82, 2.24) is 0 Å². The van der Waals surface area contributed by atoms with Gasteiger partial charge in [-0.3, -0.25) is 0 Å². The van der Waals surface area contributed by atoms with Crippen LogP contribution >= 0.6 is 0 Å². The molecule has 2 atom stereocenters. The maximum atomic E-state index is 10.7. The standard InChI is InChI=1S/C16H27BO5/c1-15(2)16(3,4)22-17(21-15)9-6-12-20-13-7-5-11-19-14(13)8-10-18/h6,10,12-14H,5,7-9,11H2,1-4H3/b12-6-/t13-,14-/m0/s1. The van der Waals surface area contributed by atoms with Crippen molar-refractivity contribution in [3.8, 4) is 0 Å². The molecule has 0 aromatic carbocycles. The molecule has 0 aromatic heterocycles. The van der Waals surface area contributed by atoms with E-state index in [-0.39, 0.29) is 30.5 Å². The minimum absolute atomic E-state index is 0.0477. The smallest absolute Gasteiger partial charge is 0.461 e. The Labute approximate surface area is 133 Å². The van der Waals surface area contributed by atoms with Gasteiger partial charge < -0.3 is 23.6 Å². The van der Waals surface area contributed by atoms with Gasteiger partial charge in [0.05, 0.1) is 17.5 Å². The van der Waals surface area contributed by atoms with Crippen LogP contribution in [0.3, 0.4) is 0 Å². The largest absolute Gasteiger partial charge is 0.496 e. The van der Waals surface area contributed by atoms with Crippen molar-refractivity contribution in [2.24, 2.45) is 0 Å². The topological polar surface area (TPSA) is 54.0 Å². The van der Waals surface area contributed by atoms with Crippen LogP contribution in [0.25, 0.3) is 0 Å². The normalized spacial score (nSPS) is 30.6. The fourth-order valence-corrected chi connectivity index (χ4v) is 2.67. The van der Waals surface area contributed by atoms with E-state index in [2.05, 4.69) is 0 Å². The molecule has 2 heterocycles. The van der Waals surface area contributed by atoms with Gasteiger partial charge in [0.1, 0.15) is 18.5 Å². The van der Waals surface area contributed by atoms with Gasteiger partial charge in [0.15, 0.2) is 0 Å². The second-order valence-corrected chi connectivity index (χ2v) is 6.92. The van der Waals surface area contributed by atoms with Gasteiger partial charge in [-0.05, 0) is 40.5 Å². The Bertz CT molecular complexity index is 391. The van der Waals surface area contributed by atoms with E-state index in [4.69, 9.17) is 18.8 Å². The molecule has 22 heavy (non-hydrogen) atoms. The van der Waals surface area contributed by atoms with Crippen molar-refractivity contribution in [2.75, 3.05) is 6.61 Å². The van der Waals surface area contributed by atoms with E-state index in [1.165, 1.54) is 0 Å². The zero-order chi connectivity index (χ0) is 16.2.